The molecule has 2 aromatic rings. The Bertz CT molecular complexity index is 942. The van der Waals surface area contributed by atoms with E-state index in [2.05, 4.69) is 14.8 Å². The van der Waals surface area contributed by atoms with Crippen LogP contribution in [0.25, 0.3) is 0 Å². The van der Waals surface area contributed by atoms with Crippen LogP contribution in [0.2, 0.25) is 0 Å². The van der Waals surface area contributed by atoms with Crippen molar-refractivity contribution >= 4 is 27.3 Å². The Morgan fingerprint density at radius 2 is 1.75 bits per heavy atom. The third kappa shape index (κ3) is 7.47. The van der Waals surface area contributed by atoms with Crippen LogP contribution < -0.4 is 14.8 Å². The number of amides is 1. The number of hydrogen-bond acceptors (Lipinski definition) is 4. The van der Waals surface area contributed by atoms with E-state index in [9.17, 15) is 26.4 Å². The van der Waals surface area contributed by atoms with Gasteiger partial charge in [-0.05, 0) is 48.7 Å². The molecule has 1 amide bonds. The fourth-order valence-electron chi connectivity index (χ4n) is 2.35. The summed E-state index contributed by atoms with van der Waals surface area (Å²) in [6.45, 7) is 1.73. The molecule has 28 heavy (non-hydrogen) atoms. The monoisotopic (exact) mass is 416 g/mol. The van der Waals surface area contributed by atoms with Crippen LogP contribution in [0.3, 0.4) is 0 Å². The standard InChI is InChI=1S/C18H19F3N2O4S/c1-12-3-7-14(11-16(12)23-28(2,25)26)22-17(24)10-6-13-4-8-15(9-5-13)27-18(19,20)21/h3-5,7-9,11,23H,6,10H2,1-2H3,(H,22,24). The minimum Gasteiger partial charge on any atom is -0.406 e. The molecule has 2 N–H and O–H groups in total. The van der Waals surface area contributed by atoms with E-state index in [1.807, 2.05) is 0 Å². The molecule has 0 aromatic heterocycles. The zero-order valence-corrected chi connectivity index (χ0v) is 15.9. The van der Waals surface area contributed by atoms with Crippen LogP contribution in [-0.2, 0) is 21.2 Å². The van der Waals surface area contributed by atoms with Gasteiger partial charge in [0.1, 0.15) is 5.75 Å². The summed E-state index contributed by atoms with van der Waals surface area (Å²) < 4.78 is 65.3. The molecule has 0 fully saturated rings. The number of anilines is 2. The van der Waals surface area contributed by atoms with Gasteiger partial charge >= 0.3 is 6.36 Å². The summed E-state index contributed by atoms with van der Waals surface area (Å²) in [6.07, 6.45) is -3.30. The minimum atomic E-state index is -4.75. The third-order valence-electron chi connectivity index (χ3n) is 3.61. The second kappa shape index (κ2) is 8.51. The Hall–Kier alpha value is -2.75. The summed E-state index contributed by atoms with van der Waals surface area (Å²) in [5.74, 6) is -0.643. The van der Waals surface area contributed by atoms with Gasteiger partial charge in [0.25, 0.3) is 0 Å². The van der Waals surface area contributed by atoms with Crippen molar-refractivity contribution in [2.24, 2.45) is 0 Å². The molecule has 0 saturated carbocycles. The fraction of sp³-hybridized carbons (Fsp3) is 0.278. The molecule has 0 heterocycles. The number of nitrogens with one attached hydrogen (secondary N) is 2. The molecule has 6 nitrogen and oxygen atoms in total. The first-order valence-corrected chi connectivity index (χ1v) is 10.0. The fourth-order valence-corrected chi connectivity index (χ4v) is 2.97. The number of aryl methyl sites for hydroxylation is 2. The Morgan fingerprint density at radius 1 is 1.11 bits per heavy atom. The summed E-state index contributed by atoms with van der Waals surface area (Å²) in [5, 5.41) is 2.66. The number of sulfonamides is 1. The first-order chi connectivity index (χ1) is 12.9. The van der Waals surface area contributed by atoms with Crippen LogP contribution in [0.1, 0.15) is 17.5 Å². The lowest BCUT2D eigenvalue weighted by Crippen LogP contribution is -2.17. The molecule has 0 aliphatic heterocycles. The molecular weight excluding hydrogens is 397 g/mol. The summed E-state index contributed by atoms with van der Waals surface area (Å²) >= 11 is 0. The second-order valence-corrected chi connectivity index (χ2v) is 7.89. The highest BCUT2D eigenvalue weighted by molar-refractivity contribution is 7.92. The van der Waals surface area contributed by atoms with E-state index in [0.717, 1.165) is 6.26 Å². The highest BCUT2D eigenvalue weighted by atomic mass is 32.2. The van der Waals surface area contributed by atoms with Crippen molar-refractivity contribution < 1.29 is 31.1 Å². The van der Waals surface area contributed by atoms with Crippen molar-refractivity contribution in [2.45, 2.75) is 26.1 Å². The Morgan fingerprint density at radius 3 is 2.32 bits per heavy atom. The van der Waals surface area contributed by atoms with Gasteiger partial charge in [-0.25, -0.2) is 8.42 Å². The highest BCUT2D eigenvalue weighted by Gasteiger charge is 2.30. The van der Waals surface area contributed by atoms with E-state index in [0.29, 0.717) is 28.9 Å². The van der Waals surface area contributed by atoms with Crippen molar-refractivity contribution in [1.82, 2.24) is 0 Å². The number of carbonyl (C=O) groups is 1. The SMILES string of the molecule is Cc1ccc(NC(=O)CCc2ccc(OC(F)(F)F)cc2)cc1NS(C)(=O)=O. The van der Waals surface area contributed by atoms with Crippen molar-refractivity contribution in [3.63, 3.8) is 0 Å². The van der Waals surface area contributed by atoms with Gasteiger partial charge in [0.15, 0.2) is 0 Å². The van der Waals surface area contributed by atoms with Gasteiger partial charge in [-0.1, -0.05) is 18.2 Å². The predicted octanol–water partition coefficient (Wildman–Crippen LogP) is 3.84. The lowest BCUT2D eigenvalue weighted by Gasteiger charge is -2.11. The minimum absolute atomic E-state index is 0.0994. The van der Waals surface area contributed by atoms with Gasteiger partial charge in [0.2, 0.25) is 15.9 Å². The molecule has 0 atom stereocenters. The molecule has 2 aromatic carbocycles. The van der Waals surface area contributed by atoms with Gasteiger partial charge in [-0.15, -0.1) is 13.2 Å². The van der Waals surface area contributed by atoms with Crippen LogP contribution in [0.5, 0.6) is 5.75 Å². The number of rotatable bonds is 7. The molecule has 0 unspecified atom stereocenters. The molecule has 0 saturated heterocycles. The number of alkyl halides is 3. The number of ether oxygens (including phenoxy) is 1. The molecule has 0 aliphatic rings. The lowest BCUT2D eigenvalue weighted by atomic mass is 10.1. The van der Waals surface area contributed by atoms with Gasteiger partial charge in [0.05, 0.1) is 11.9 Å². The number of hydrogen-bond donors (Lipinski definition) is 2. The summed E-state index contributed by atoms with van der Waals surface area (Å²) in [5.41, 5.74) is 2.16. The Labute approximate surface area is 160 Å². The molecule has 0 aliphatic carbocycles. The van der Waals surface area contributed by atoms with Crippen LogP contribution in [-0.4, -0.2) is 26.9 Å². The Balaban J connectivity index is 1.93. The average molecular weight is 416 g/mol. The summed E-state index contributed by atoms with van der Waals surface area (Å²) in [7, 11) is -3.45. The van der Waals surface area contributed by atoms with E-state index in [-0.39, 0.29) is 18.1 Å². The zero-order valence-electron chi connectivity index (χ0n) is 15.1. The van der Waals surface area contributed by atoms with Crippen molar-refractivity contribution in [3.05, 3.63) is 53.6 Å². The first-order valence-electron chi connectivity index (χ1n) is 8.14. The molecule has 0 bridgehead atoms. The quantitative estimate of drug-likeness (QED) is 0.718. The second-order valence-electron chi connectivity index (χ2n) is 6.14. The zero-order chi connectivity index (χ0) is 20.9. The maximum absolute atomic E-state index is 12.1. The number of carbonyl (C=O) groups excluding carboxylic acids is 1. The van der Waals surface area contributed by atoms with E-state index in [1.54, 1.807) is 19.1 Å². The van der Waals surface area contributed by atoms with E-state index < -0.39 is 16.4 Å². The average Bonchev–Trinajstić information content (AvgIpc) is 2.55. The molecule has 0 radical (unpaired) electrons. The summed E-state index contributed by atoms with van der Waals surface area (Å²) in [6, 6.07) is 10.1. The smallest absolute Gasteiger partial charge is 0.406 e. The maximum atomic E-state index is 12.1. The van der Waals surface area contributed by atoms with Crippen LogP contribution in [0.4, 0.5) is 24.5 Å². The van der Waals surface area contributed by atoms with Crippen molar-refractivity contribution in [2.75, 3.05) is 16.3 Å². The van der Waals surface area contributed by atoms with Crippen LogP contribution in [0.15, 0.2) is 42.5 Å². The van der Waals surface area contributed by atoms with Gasteiger partial charge in [-0.2, -0.15) is 0 Å². The normalized spacial score (nSPS) is 11.8. The van der Waals surface area contributed by atoms with Crippen molar-refractivity contribution in [1.29, 1.82) is 0 Å². The van der Waals surface area contributed by atoms with Gasteiger partial charge in [0, 0.05) is 12.1 Å². The van der Waals surface area contributed by atoms with E-state index in [1.165, 1.54) is 30.3 Å². The molecule has 152 valence electrons. The molecule has 10 heteroatoms. The largest absolute Gasteiger partial charge is 0.573 e. The molecular formula is C18H19F3N2O4S. The predicted molar refractivity (Wildman–Crippen MR) is 99.7 cm³/mol. The Kier molecular flexibility index (Phi) is 6.55. The lowest BCUT2D eigenvalue weighted by molar-refractivity contribution is -0.274. The third-order valence-corrected chi connectivity index (χ3v) is 4.21. The highest BCUT2D eigenvalue weighted by Crippen LogP contribution is 2.24. The van der Waals surface area contributed by atoms with Gasteiger partial charge in [-0.3, -0.25) is 9.52 Å². The molecule has 0 spiro atoms. The first kappa shape index (κ1) is 21.5. The van der Waals surface area contributed by atoms with Crippen LogP contribution in [0, 0.1) is 6.92 Å². The molecule has 2 rings (SSSR count). The topological polar surface area (TPSA) is 84.5 Å². The van der Waals surface area contributed by atoms with Crippen LogP contribution >= 0.6 is 0 Å². The maximum Gasteiger partial charge on any atom is 0.573 e. The summed E-state index contributed by atoms with van der Waals surface area (Å²) in [4.78, 5) is 12.1. The number of benzene rings is 2. The van der Waals surface area contributed by atoms with Crippen molar-refractivity contribution in [3.8, 4) is 5.75 Å². The van der Waals surface area contributed by atoms with Gasteiger partial charge < -0.3 is 10.1 Å². The van der Waals surface area contributed by atoms with E-state index >= 15 is 0 Å². The van der Waals surface area contributed by atoms with E-state index in [4.69, 9.17) is 0 Å². The number of halogens is 3.